The summed E-state index contributed by atoms with van der Waals surface area (Å²) in [5, 5.41) is 0. The van der Waals surface area contributed by atoms with Crippen molar-refractivity contribution in [2.45, 2.75) is 11.5 Å². The van der Waals surface area contributed by atoms with E-state index in [-0.39, 0.29) is 0 Å². The van der Waals surface area contributed by atoms with Gasteiger partial charge in [-0.2, -0.15) is 11.8 Å². The highest BCUT2D eigenvalue weighted by Gasteiger charge is 2.15. The fraction of sp³-hybridized carbons (Fsp3) is 0.250. The molecule has 0 unspecified atom stereocenters. The summed E-state index contributed by atoms with van der Waals surface area (Å²) in [4.78, 5) is 0. The molecule has 1 aliphatic rings. The highest BCUT2D eigenvalue weighted by atomic mass is 32.2. The van der Waals surface area contributed by atoms with Gasteiger partial charge < -0.3 is 9.47 Å². The third-order valence-electron chi connectivity index (χ3n) is 3.43. The third kappa shape index (κ3) is 2.30. The quantitative estimate of drug-likeness (QED) is 0.819. The number of methoxy groups -OCH3 is 2. The molecule has 3 rings (SSSR count). The van der Waals surface area contributed by atoms with Crippen LogP contribution in [0, 0.1) is 0 Å². The van der Waals surface area contributed by atoms with Crippen molar-refractivity contribution in [3.8, 4) is 22.6 Å². The number of benzene rings is 2. The van der Waals surface area contributed by atoms with Crippen molar-refractivity contribution >= 4 is 11.8 Å². The summed E-state index contributed by atoms with van der Waals surface area (Å²) in [5.74, 6) is 3.89. The molecule has 0 saturated heterocycles. The van der Waals surface area contributed by atoms with Crippen LogP contribution >= 0.6 is 11.8 Å². The molecule has 0 fully saturated rings. The van der Waals surface area contributed by atoms with Crippen LogP contribution in [0.3, 0.4) is 0 Å². The van der Waals surface area contributed by atoms with E-state index in [1.54, 1.807) is 14.2 Å². The molecule has 0 N–H and O–H groups in total. The molecule has 0 aliphatic carbocycles. The van der Waals surface area contributed by atoms with E-state index in [2.05, 4.69) is 24.3 Å². The van der Waals surface area contributed by atoms with Crippen molar-refractivity contribution in [2.24, 2.45) is 0 Å². The molecular formula is C16H16O2S. The maximum Gasteiger partial charge on any atom is 0.119 e. The van der Waals surface area contributed by atoms with Crippen LogP contribution in [0.4, 0.5) is 0 Å². The summed E-state index contributed by atoms with van der Waals surface area (Å²) in [7, 11) is 3.43. The molecule has 0 bridgehead atoms. The highest BCUT2D eigenvalue weighted by molar-refractivity contribution is 7.97. The lowest BCUT2D eigenvalue weighted by molar-refractivity contribution is 0.414. The summed E-state index contributed by atoms with van der Waals surface area (Å²) >= 11 is 1.93. The van der Waals surface area contributed by atoms with Crippen LogP contribution in [0.15, 0.2) is 36.4 Å². The maximum atomic E-state index is 5.32. The monoisotopic (exact) mass is 272 g/mol. The van der Waals surface area contributed by atoms with E-state index in [9.17, 15) is 0 Å². The van der Waals surface area contributed by atoms with Crippen LogP contribution in [-0.2, 0) is 11.5 Å². The fourth-order valence-corrected chi connectivity index (χ4v) is 3.45. The van der Waals surface area contributed by atoms with Crippen molar-refractivity contribution in [1.29, 1.82) is 0 Å². The second-order valence-electron chi connectivity index (χ2n) is 4.54. The van der Waals surface area contributed by atoms with Crippen molar-refractivity contribution in [2.75, 3.05) is 14.2 Å². The van der Waals surface area contributed by atoms with Gasteiger partial charge in [0, 0.05) is 11.5 Å². The molecule has 0 aromatic heterocycles. The molecule has 0 spiro atoms. The first-order valence-electron chi connectivity index (χ1n) is 6.24. The van der Waals surface area contributed by atoms with Gasteiger partial charge in [0.15, 0.2) is 0 Å². The Morgan fingerprint density at radius 1 is 0.789 bits per heavy atom. The van der Waals surface area contributed by atoms with E-state index in [0.717, 1.165) is 23.0 Å². The van der Waals surface area contributed by atoms with Crippen molar-refractivity contribution < 1.29 is 9.47 Å². The number of fused-ring (bicyclic) bond motifs is 3. The van der Waals surface area contributed by atoms with Crippen molar-refractivity contribution in [3.05, 3.63) is 47.5 Å². The van der Waals surface area contributed by atoms with Gasteiger partial charge in [-0.1, -0.05) is 12.1 Å². The third-order valence-corrected chi connectivity index (χ3v) is 4.46. The molecule has 1 aliphatic heterocycles. The van der Waals surface area contributed by atoms with Crippen molar-refractivity contribution in [1.82, 2.24) is 0 Å². The predicted octanol–water partition coefficient (Wildman–Crippen LogP) is 4.12. The molecular weight excluding hydrogens is 256 g/mol. The van der Waals surface area contributed by atoms with Crippen LogP contribution in [0.1, 0.15) is 11.1 Å². The standard InChI is InChI=1S/C16H16O2S/c1-17-13-3-5-15-11(7-13)9-19-10-12-8-14(18-2)4-6-16(12)15/h3-8H,9-10H2,1-2H3. The Labute approximate surface area is 117 Å². The number of thioether (sulfide) groups is 1. The second kappa shape index (κ2) is 5.17. The zero-order valence-corrected chi connectivity index (χ0v) is 11.9. The average Bonchev–Trinajstić information content (AvgIpc) is 2.64. The van der Waals surface area contributed by atoms with Crippen LogP contribution in [-0.4, -0.2) is 14.2 Å². The van der Waals surface area contributed by atoms with Crippen LogP contribution in [0.5, 0.6) is 11.5 Å². The minimum atomic E-state index is 0.927. The Balaban J connectivity index is 2.14. The van der Waals surface area contributed by atoms with Gasteiger partial charge in [-0.15, -0.1) is 0 Å². The molecule has 0 radical (unpaired) electrons. The normalized spacial score (nSPS) is 13.2. The molecule has 3 heteroatoms. The summed E-state index contributed by atoms with van der Waals surface area (Å²) in [6.07, 6.45) is 0. The molecule has 2 aromatic carbocycles. The van der Waals surface area contributed by atoms with Gasteiger partial charge in [0.25, 0.3) is 0 Å². The minimum Gasteiger partial charge on any atom is -0.497 e. The van der Waals surface area contributed by atoms with E-state index >= 15 is 0 Å². The van der Waals surface area contributed by atoms with Gasteiger partial charge in [-0.25, -0.2) is 0 Å². The lowest BCUT2D eigenvalue weighted by atomic mass is 9.96. The van der Waals surface area contributed by atoms with E-state index in [0.29, 0.717) is 0 Å². The van der Waals surface area contributed by atoms with Gasteiger partial charge >= 0.3 is 0 Å². The average molecular weight is 272 g/mol. The summed E-state index contributed by atoms with van der Waals surface area (Å²) in [6, 6.07) is 12.7. The highest BCUT2D eigenvalue weighted by Crippen LogP contribution is 2.38. The first kappa shape index (κ1) is 12.4. The zero-order valence-electron chi connectivity index (χ0n) is 11.1. The maximum absolute atomic E-state index is 5.32. The van der Waals surface area contributed by atoms with Gasteiger partial charge in [-0.3, -0.25) is 0 Å². The summed E-state index contributed by atoms with van der Waals surface area (Å²) < 4.78 is 10.6. The van der Waals surface area contributed by atoms with Crippen LogP contribution in [0.25, 0.3) is 11.1 Å². The van der Waals surface area contributed by atoms with Crippen molar-refractivity contribution in [3.63, 3.8) is 0 Å². The minimum absolute atomic E-state index is 0.927. The largest absolute Gasteiger partial charge is 0.497 e. The Hall–Kier alpha value is -1.61. The second-order valence-corrected chi connectivity index (χ2v) is 5.52. The molecule has 0 atom stereocenters. The molecule has 0 saturated carbocycles. The molecule has 1 heterocycles. The topological polar surface area (TPSA) is 18.5 Å². The SMILES string of the molecule is COc1ccc2c(c1)CSCc1cc(OC)ccc1-2. The van der Waals surface area contributed by atoms with E-state index < -0.39 is 0 Å². The summed E-state index contributed by atoms with van der Waals surface area (Å²) in [5.41, 5.74) is 5.30. The Morgan fingerprint density at radius 2 is 1.26 bits per heavy atom. The fourth-order valence-electron chi connectivity index (χ4n) is 2.43. The van der Waals surface area contributed by atoms with Crippen LogP contribution < -0.4 is 9.47 Å². The van der Waals surface area contributed by atoms with Gasteiger partial charge in [0.2, 0.25) is 0 Å². The van der Waals surface area contributed by atoms with Gasteiger partial charge in [0.1, 0.15) is 11.5 Å². The smallest absolute Gasteiger partial charge is 0.119 e. The molecule has 2 aromatic rings. The predicted molar refractivity (Wildman–Crippen MR) is 80.0 cm³/mol. The Bertz CT molecular complexity index is 554. The number of rotatable bonds is 2. The van der Waals surface area contributed by atoms with E-state index in [4.69, 9.17) is 9.47 Å². The zero-order chi connectivity index (χ0) is 13.2. The molecule has 98 valence electrons. The van der Waals surface area contributed by atoms with E-state index in [1.807, 2.05) is 23.9 Å². The van der Waals surface area contributed by atoms with Gasteiger partial charge in [-0.05, 0) is 46.5 Å². The lowest BCUT2D eigenvalue weighted by Crippen LogP contribution is -1.91. The Kier molecular flexibility index (Phi) is 3.38. The first-order valence-corrected chi connectivity index (χ1v) is 7.39. The Morgan fingerprint density at radius 3 is 1.68 bits per heavy atom. The van der Waals surface area contributed by atoms with E-state index in [1.165, 1.54) is 22.3 Å². The lowest BCUT2D eigenvalue weighted by Gasteiger charge is -2.11. The number of hydrogen-bond donors (Lipinski definition) is 0. The van der Waals surface area contributed by atoms with Crippen LogP contribution in [0.2, 0.25) is 0 Å². The molecule has 0 amide bonds. The first-order chi connectivity index (χ1) is 9.31. The molecule has 19 heavy (non-hydrogen) atoms. The molecule has 2 nitrogen and oxygen atoms in total. The summed E-state index contributed by atoms with van der Waals surface area (Å²) in [6.45, 7) is 0. The number of hydrogen-bond acceptors (Lipinski definition) is 3. The number of ether oxygens (including phenoxy) is 2. The van der Waals surface area contributed by atoms with Gasteiger partial charge in [0.05, 0.1) is 14.2 Å².